The van der Waals surface area contributed by atoms with Gasteiger partial charge in [0.15, 0.2) is 0 Å². The van der Waals surface area contributed by atoms with Crippen molar-refractivity contribution in [3.8, 4) is 0 Å². The number of nitrogens with zero attached hydrogens (tertiary/aromatic N) is 1. The van der Waals surface area contributed by atoms with E-state index in [0.717, 1.165) is 13.1 Å². The molecule has 0 saturated heterocycles. The molecule has 0 aliphatic rings. The molecule has 1 rings (SSSR count). The number of amides is 1. The van der Waals surface area contributed by atoms with Crippen LogP contribution in [0.2, 0.25) is 0 Å². The average Bonchev–Trinajstić information content (AvgIpc) is 2.34. The number of nitrogens with two attached hydrogens (primary N) is 2. The number of hydrogen-bond acceptors (Lipinski definition) is 3. The molecule has 0 radical (unpaired) electrons. The van der Waals surface area contributed by atoms with Crippen LogP contribution in [0.15, 0.2) is 30.3 Å². The monoisotopic (exact) mass is 235 g/mol. The van der Waals surface area contributed by atoms with Crippen molar-refractivity contribution in [1.29, 1.82) is 0 Å². The predicted octanol–water partition coefficient (Wildman–Crippen LogP) is 0.711. The van der Waals surface area contributed by atoms with E-state index in [1.807, 2.05) is 18.2 Å². The first-order chi connectivity index (χ1) is 8.17. The summed E-state index contributed by atoms with van der Waals surface area (Å²) in [7, 11) is 0. The molecule has 0 bridgehead atoms. The van der Waals surface area contributed by atoms with Crippen LogP contribution >= 0.6 is 0 Å². The molecule has 4 nitrogen and oxygen atoms in total. The van der Waals surface area contributed by atoms with Crippen molar-refractivity contribution in [3.05, 3.63) is 35.9 Å². The second-order valence-corrected chi connectivity index (χ2v) is 4.11. The maximum absolute atomic E-state index is 11.0. The summed E-state index contributed by atoms with van der Waals surface area (Å²) in [6, 6.07) is 10.2. The third-order valence-corrected chi connectivity index (χ3v) is 2.86. The van der Waals surface area contributed by atoms with Gasteiger partial charge in [-0.3, -0.25) is 9.69 Å². The minimum atomic E-state index is -0.299. The molecular weight excluding hydrogens is 214 g/mol. The van der Waals surface area contributed by atoms with E-state index in [0.29, 0.717) is 13.0 Å². The first kappa shape index (κ1) is 13.7. The van der Waals surface area contributed by atoms with Crippen molar-refractivity contribution < 1.29 is 4.79 Å². The third-order valence-electron chi connectivity index (χ3n) is 2.86. The molecule has 1 unspecified atom stereocenters. The Morgan fingerprint density at radius 2 is 2.00 bits per heavy atom. The predicted molar refractivity (Wildman–Crippen MR) is 69.2 cm³/mol. The molecule has 0 heterocycles. The summed E-state index contributed by atoms with van der Waals surface area (Å²) in [6.07, 6.45) is 0.317. The second kappa shape index (κ2) is 7.04. The van der Waals surface area contributed by atoms with Crippen LogP contribution < -0.4 is 11.5 Å². The van der Waals surface area contributed by atoms with Gasteiger partial charge in [0.05, 0.1) is 0 Å². The van der Waals surface area contributed by atoms with Crippen LogP contribution in [0, 0.1) is 0 Å². The van der Waals surface area contributed by atoms with Crippen LogP contribution in [-0.4, -0.2) is 29.9 Å². The van der Waals surface area contributed by atoms with Gasteiger partial charge in [-0.15, -0.1) is 0 Å². The van der Waals surface area contributed by atoms with Crippen LogP contribution in [0.25, 0.3) is 0 Å². The highest BCUT2D eigenvalue weighted by Gasteiger charge is 2.17. The number of carbonyl (C=O) groups is 1. The lowest BCUT2D eigenvalue weighted by atomic mass is 10.1. The average molecular weight is 235 g/mol. The molecule has 0 aromatic heterocycles. The highest BCUT2D eigenvalue weighted by molar-refractivity contribution is 5.74. The molecule has 17 heavy (non-hydrogen) atoms. The maximum atomic E-state index is 11.0. The minimum Gasteiger partial charge on any atom is -0.370 e. The van der Waals surface area contributed by atoms with Crippen LogP contribution in [0.1, 0.15) is 18.9 Å². The lowest BCUT2D eigenvalue weighted by molar-refractivity contribution is -0.119. The van der Waals surface area contributed by atoms with Gasteiger partial charge >= 0.3 is 0 Å². The number of benzene rings is 1. The van der Waals surface area contributed by atoms with Gasteiger partial charge in [-0.25, -0.2) is 0 Å². The Hall–Kier alpha value is -1.39. The van der Waals surface area contributed by atoms with E-state index >= 15 is 0 Å². The van der Waals surface area contributed by atoms with Gasteiger partial charge in [0.25, 0.3) is 0 Å². The summed E-state index contributed by atoms with van der Waals surface area (Å²) in [4.78, 5) is 13.2. The molecule has 1 amide bonds. The Bertz CT molecular complexity index is 340. The number of primary amides is 1. The quantitative estimate of drug-likeness (QED) is 0.731. The van der Waals surface area contributed by atoms with E-state index in [2.05, 4.69) is 24.0 Å². The van der Waals surface area contributed by atoms with Crippen LogP contribution in [-0.2, 0) is 11.3 Å². The summed E-state index contributed by atoms with van der Waals surface area (Å²) in [5, 5.41) is 0. The zero-order valence-corrected chi connectivity index (χ0v) is 10.3. The van der Waals surface area contributed by atoms with Gasteiger partial charge in [0, 0.05) is 25.6 Å². The fourth-order valence-corrected chi connectivity index (χ4v) is 1.91. The smallest absolute Gasteiger partial charge is 0.219 e. The zero-order chi connectivity index (χ0) is 12.7. The number of carbonyl (C=O) groups excluding carboxylic acids is 1. The van der Waals surface area contributed by atoms with Gasteiger partial charge in [-0.2, -0.15) is 0 Å². The summed E-state index contributed by atoms with van der Waals surface area (Å²) in [5.41, 5.74) is 12.2. The molecule has 1 aromatic carbocycles. The Kier molecular flexibility index (Phi) is 5.66. The summed E-state index contributed by atoms with van der Waals surface area (Å²) in [6.45, 7) is 4.16. The normalized spacial score (nSPS) is 12.6. The Balaban J connectivity index is 2.66. The number of rotatable bonds is 7. The van der Waals surface area contributed by atoms with Crippen LogP contribution in [0.3, 0.4) is 0 Å². The molecule has 0 aliphatic carbocycles. The fourth-order valence-electron chi connectivity index (χ4n) is 1.91. The second-order valence-electron chi connectivity index (χ2n) is 4.11. The molecular formula is C13H21N3O. The van der Waals surface area contributed by atoms with E-state index in [1.165, 1.54) is 5.56 Å². The molecule has 94 valence electrons. The third kappa shape index (κ3) is 4.54. The van der Waals surface area contributed by atoms with E-state index in [-0.39, 0.29) is 11.9 Å². The molecule has 4 heteroatoms. The maximum Gasteiger partial charge on any atom is 0.219 e. The van der Waals surface area contributed by atoms with Gasteiger partial charge in [0.2, 0.25) is 5.91 Å². The Morgan fingerprint density at radius 1 is 1.35 bits per heavy atom. The fraction of sp³-hybridized carbons (Fsp3) is 0.462. The highest BCUT2D eigenvalue weighted by Crippen LogP contribution is 2.09. The topological polar surface area (TPSA) is 72.3 Å². The minimum absolute atomic E-state index is 0.0257. The molecule has 4 N–H and O–H groups in total. The molecule has 0 saturated carbocycles. The van der Waals surface area contributed by atoms with E-state index in [9.17, 15) is 4.79 Å². The lowest BCUT2D eigenvalue weighted by Crippen LogP contribution is -2.42. The Morgan fingerprint density at radius 3 is 2.47 bits per heavy atom. The highest BCUT2D eigenvalue weighted by atomic mass is 16.1. The van der Waals surface area contributed by atoms with Gasteiger partial charge in [0.1, 0.15) is 0 Å². The largest absolute Gasteiger partial charge is 0.370 e. The molecule has 1 aromatic rings. The van der Waals surface area contributed by atoms with Crippen molar-refractivity contribution in [3.63, 3.8) is 0 Å². The number of hydrogen-bond donors (Lipinski definition) is 2. The first-order valence-corrected chi connectivity index (χ1v) is 5.93. The first-order valence-electron chi connectivity index (χ1n) is 5.93. The van der Waals surface area contributed by atoms with E-state index in [1.54, 1.807) is 0 Å². The standard InChI is InChI=1S/C13H21N3O/c1-2-16(12(9-14)8-13(15)17)10-11-6-4-3-5-7-11/h3-7,12H,2,8-10,14H2,1H3,(H2,15,17). The summed E-state index contributed by atoms with van der Waals surface area (Å²) in [5.74, 6) is -0.299. The Labute approximate surface area is 103 Å². The lowest BCUT2D eigenvalue weighted by Gasteiger charge is -2.29. The van der Waals surface area contributed by atoms with Gasteiger partial charge in [-0.05, 0) is 12.1 Å². The van der Waals surface area contributed by atoms with Crippen molar-refractivity contribution in [2.45, 2.75) is 25.9 Å². The van der Waals surface area contributed by atoms with Crippen molar-refractivity contribution in [2.75, 3.05) is 13.1 Å². The van der Waals surface area contributed by atoms with Crippen molar-refractivity contribution in [1.82, 2.24) is 4.90 Å². The SMILES string of the molecule is CCN(Cc1ccccc1)C(CN)CC(N)=O. The van der Waals surface area contributed by atoms with Crippen LogP contribution in [0.4, 0.5) is 0 Å². The van der Waals surface area contributed by atoms with Crippen molar-refractivity contribution >= 4 is 5.91 Å². The number of likely N-dealkylation sites (N-methyl/N-ethyl adjacent to an activating group) is 1. The summed E-state index contributed by atoms with van der Waals surface area (Å²) < 4.78 is 0. The molecule has 0 fully saturated rings. The molecule has 0 aliphatic heterocycles. The van der Waals surface area contributed by atoms with Crippen molar-refractivity contribution in [2.24, 2.45) is 11.5 Å². The zero-order valence-electron chi connectivity index (χ0n) is 10.3. The van der Waals surface area contributed by atoms with E-state index < -0.39 is 0 Å². The van der Waals surface area contributed by atoms with Crippen LogP contribution in [0.5, 0.6) is 0 Å². The molecule has 0 spiro atoms. The van der Waals surface area contributed by atoms with E-state index in [4.69, 9.17) is 11.5 Å². The summed E-state index contributed by atoms with van der Waals surface area (Å²) >= 11 is 0. The molecule has 1 atom stereocenters. The van der Waals surface area contributed by atoms with Gasteiger partial charge < -0.3 is 11.5 Å². The van der Waals surface area contributed by atoms with Gasteiger partial charge in [-0.1, -0.05) is 37.3 Å².